The molecular weight excluding hydrogens is 380 g/mol. The molecule has 3 N–H and O–H groups in total. The van der Waals surface area contributed by atoms with Gasteiger partial charge in [-0.1, -0.05) is 12.8 Å². The molecular formula is C23H26N4O3. The number of aromatic amines is 1. The topological polar surface area (TPSA) is 115 Å². The lowest BCUT2D eigenvalue weighted by Crippen LogP contribution is -2.32. The van der Waals surface area contributed by atoms with Gasteiger partial charge in [-0.15, -0.1) is 0 Å². The Morgan fingerprint density at radius 2 is 1.83 bits per heavy atom. The van der Waals surface area contributed by atoms with Crippen molar-refractivity contribution in [3.8, 4) is 6.07 Å². The molecule has 156 valence electrons. The minimum atomic E-state index is -0.405. The summed E-state index contributed by atoms with van der Waals surface area (Å²) >= 11 is 0. The fourth-order valence-corrected chi connectivity index (χ4v) is 3.93. The van der Waals surface area contributed by atoms with Crippen LogP contribution in [-0.4, -0.2) is 22.8 Å². The van der Waals surface area contributed by atoms with Crippen LogP contribution >= 0.6 is 0 Å². The Hall–Kier alpha value is -3.40. The van der Waals surface area contributed by atoms with Crippen LogP contribution in [-0.2, 0) is 11.2 Å². The van der Waals surface area contributed by atoms with Crippen LogP contribution in [0, 0.1) is 25.2 Å². The minimum Gasteiger partial charge on any atom is -0.349 e. The van der Waals surface area contributed by atoms with Crippen molar-refractivity contribution < 1.29 is 9.59 Å². The van der Waals surface area contributed by atoms with Gasteiger partial charge in [0.1, 0.15) is 11.6 Å². The molecule has 1 aliphatic carbocycles. The van der Waals surface area contributed by atoms with Crippen molar-refractivity contribution in [2.24, 2.45) is 0 Å². The maximum absolute atomic E-state index is 12.4. The van der Waals surface area contributed by atoms with E-state index in [-0.39, 0.29) is 29.8 Å². The predicted octanol–water partition coefficient (Wildman–Crippen LogP) is 3.11. The molecule has 1 saturated carbocycles. The maximum Gasteiger partial charge on any atom is 0.266 e. The molecule has 1 aromatic heterocycles. The first-order valence-corrected chi connectivity index (χ1v) is 10.2. The summed E-state index contributed by atoms with van der Waals surface area (Å²) in [4.78, 5) is 39.1. The summed E-state index contributed by atoms with van der Waals surface area (Å²) in [5.41, 5.74) is 2.96. The van der Waals surface area contributed by atoms with Gasteiger partial charge >= 0.3 is 0 Å². The van der Waals surface area contributed by atoms with E-state index in [2.05, 4.69) is 15.6 Å². The molecule has 1 aliphatic rings. The monoisotopic (exact) mass is 406 g/mol. The number of nitrogens with one attached hydrogen (secondary N) is 3. The third kappa shape index (κ3) is 4.95. The SMILES string of the molecule is Cc1[nH]c(=O)c(C#N)c(C)c1CCC(=O)Nc1ccc(C(=O)NC2CCCC2)cc1. The molecule has 7 nitrogen and oxygen atoms in total. The molecule has 3 rings (SSSR count). The molecule has 0 spiro atoms. The highest BCUT2D eigenvalue weighted by atomic mass is 16.2. The largest absolute Gasteiger partial charge is 0.349 e. The Morgan fingerprint density at radius 3 is 2.47 bits per heavy atom. The standard InChI is InChI=1S/C23H26N4O3/c1-14-19(15(2)25-23(30)20(14)13-24)11-12-21(28)26-18-9-7-16(8-10-18)22(29)27-17-5-3-4-6-17/h7-10,17H,3-6,11-12H2,1-2H3,(H,25,30)(H,26,28)(H,27,29). The molecule has 0 bridgehead atoms. The molecule has 0 aliphatic heterocycles. The second-order valence-electron chi connectivity index (χ2n) is 7.75. The lowest BCUT2D eigenvalue weighted by atomic mass is 9.99. The van der Waals surface area contributed by atoms with E-state index in [0.717, 1.165) is 31.2 Å². The van der Waals surface area contributed by atoms with E-state index in [9.17, 15) is 14.4 Å². The van der Waals surface area contributed by atoms with Crippen LogP contribution < -0.4 is 16.2 Å². The summed E-state index contributed by atoms with van der Waals surface area (Å²) < 4.78 is 0. The number of H-pyrrole nitrogens is 1. The first kappa shape index (κ1) is 21.3. The van der Waals surface area contributed by atoms with E-state index in [1.165, 1.54) is 0 Å². The quantitative estimate of drug-likeness (QED) is 0.684. The number of pyridine rings is 1. The van der Waals surface area contributed by atoms with Crippen LogP contribution in [0.5, 0.6) is 0 Å². The highest BCUT2D eigenvalue weighted by molar-refractivity contribution is 5.96. The second kappa shape index (κ2) is 9.40. The van der Waals surface area contributed by atoms with E-state index in [4.69, 9.17) is 5.26 Å². The van der Waals surface area contributed by atoms with Gasteiger partial charge in [0.2, 0.25) is 5.91 Å². The number of nitriles is 1. The molecule has 7 heteroatoms. The zero-order chi connectivity index (χ0) is 21.7. The highest BCUT2D eigenvalue weighted by Gasteiger charge is 2.18. The average molecular weight is 406 g/mol. The lowest BCUT2D eigenvalue weighted by molar-refractivity contribution is -0.116. The number of anilines is 1. The van der Waals surface area contributed by atoms with Crippen molar-refractivity contribution >= 4 is 17.5 Å². The predicted molar refractivity (Wildman–Crippen MR) is 114 cm³/mol. The Morgan fingerprint density at radius 1 is 1.17 bits per heavy atom. The van der Waals surface area contributed by atoms with Crippen LogP contribution in [0.25, 0.3) is 0 Å². The Kier molecular flexibility index (Phi) is 6.68. The van der Waals surface area contributed by atoms with Gasteiger partial charge in [0.25, 0.3) is 11.5 Å². The van der Waals surface area contributed by atoms with Gasteiger partial charge in [0, 0.05) is 29.4 Å². The summed E-state index contributed by atoms with van der Waals surface area (Å²) in [6.45, 7) is 3.49. The maximum atomic E-state index is 12.4. The Bertz CT molecular complexity index is 1040. The van der Waals surface area contributed by atoms with Crippen molar-refractivity contribution in [3.05, 3.63) is 62.6 Å². The number of aromatic nitrogens is 1. The van der Waals surface area contributed by atoms with Crippen molar-refractivity contribution in [2.75, 3.05) is 5.32 Å². The second-order valence-corrected chi connectivity index (χ2v) is 7.75. The van der Waals surface area contributed by atoms with Crippen molar-refractivity contribution in [1.29, 1.82) is 5.26 Å². The zero-order valence-electron chi connectivity index (χ0n) is 17.3. The van der Waals surface area contributed by atoms with E-state index < -0.39 is 5.56 Å². The van der Waals surface area contributed by atoms with E-state index in [0.29, 0.717) is 28.9 Å². The van der Waals surface area contributed by atoms with Crippen molar-refractivity contribution in [3.63, 3.8) is 0 Å². The van der Waals surface area contributed by atoms with Gasteiger partial charge in [0.05, 0.1) is 0 Å². The van der Waals surface area contributed by atoms with Gasteiger partial charge in [0.15, 0.2) is 0 Å². The van der Waals surface area contributed by atoms with Crippen LogP contribution in [0.1, 0.15) is 64.8 Å². The molecule has 1 heterocycles. The first-order chi connectivity index (χ1) is 14.4. The fourth-order valence-electron chi connectivity index (χ4n) is 3.93. The molecule has 2 aromatic rings. The van der Waals surface area contributed by atoms with E-state index in [1.807, 2.05) is 6.07 Å². The van der Waals surface area contributed by atoms with Gasteiger partial charge in [-0.3, -0.25) is 14.4 Å². The zero-order valence-corrected chi connectivity index (χ0v) is 17.3. The summed E-state index contributed by atoms with van der Waals surface area (Å²) in [5, 5.41) is 15.0. The Balaban J connectivity index is 1.57. The van der Waals surface area contributed by atoms with Gasteiger partial charge < -0.3 is 15.6 Å². The molecule has 30 heavy (non-hydrogen) atoms. The van der Waals surface area contributed by atoms with Crippen LogP contribution in [0.4, 0.5) is 5.69 Å². The molecule has 1 aromatic carbocycles. The molecule has 0 unspecified atom stereocenters. The third-order valence-corrected chi connectivity index (χ3v) is 5.64. The van der Waals surface area contributed by atoms with Crippen LogP contribution in [0.15, 0.2) is 29.1 Å². The van der Waals surface area contributed by atoms with Crippen LogP contribution in [0.3, 0.4) is 0 Å². The first-order valence-electron chi connectivity index (χ1n) is 10.2. The number of carbonyl (C=O) groups is 2. The normalized spacial score (nSPS) is 13.6. The summed E-state index contributed by atoms with van der Waals surface area (Å²) in [6, 6.07) is 9.02. The number of hydrogen-bond donors (Lipinski definition) is 3. The van der Waals surface area contributed by atoms with E-state index >= 15 is 0 Å². The molecule has 0 saturated heterocycles. The lowest BCUT2D eigenvalue weighted by Gasteiger charge is -2.13. The number of aryl methyl sites for hydroxylation is 1. The number of amides is 2. The number of hydrogen-bond acceptors (Lipinski definition) is 4. The van der Waals surface area contributed by atoms with Gasteiger partial charge in [-0.2, -0.15) is 5.26 Å². The van der Waals surface area contributed by atoms with Crippen molar-refractivity contribution in [2.45, 2.75) is 58.4 Å². The number of rotatable bonds is 6. The summed E-state index contributed by atoms with van der Waals surface area (Å²) in [7, 11) is 0. The molecule has 0 atom stereocenters. The molecule has 1 fully saturated rings. The minimum absolute atomic E-state index is 0.0856. The third-order valence-electron chi connectivity index (χ3n) is 5.64. The Labute approximate surface area is 175 Å². The van der Waals surface area contributed by atoms with Gasteiger partial charge in [-0.25, -0.2) is 0 Å². The summed E-state index contributed by atoms with van der Waals surface area (Å²) in [5.74, 6) is -0.265. The van der Waals surface area contributed by atoms with Crippen molar-refractivity contribution in [1.82, 2.24) is 10.3 Å². The summed E-state index contributed by atoms with van der Waals surface area (Å²) in [6.07, 6.45) is 5.01. The fraction of sp³-hybridized carbons (Fsp3) is 0.391. The smallest absolute Gasteiger partial charge is 0.266 e. The number of benzene rings is 1. The molecule has 0 radical (unpaired) electrons. The van der Waals surface area contributed by atoms with Gasteiger partial charge in [-0.05, 0) is 68.5 Å². The average Bonchev–Trinajstić information content (AvgIpc) is 3.21. The number of nitrogens with zero attached hydrogens (tertiary/aromatic N) is 1. The highest BCUT2D eigenvalue weighted by Crippen LogP contribution is 2.19. The number of carbonyl (C=O) groups excluding carboxylic acids is 2. The van der Waals surface area contributed by atoms with E-state index in [1.54, 1.807) is 38.1 Å². The van der Waals surface area contributed by atoms with Crippen LogP contribution in [0.2, 0.25) is 0 Å². The molecule has 2 amide bonds.